The molecule has 2 aromatic heterocycles. The van der Waals surface area contributed by atoms with Crippen LogP contribution in [0.4, 0.5) is 5.13 Å². The Labute approximate surface area is 154 Å². The van der Waals surface area contributed by atoms with E-state index in [-0.39, 0.29) is 11.7 Å². The van der Waals surface area contributed by atoms with Crippen molar-refractivity contribution in [1.82, 2.24) is 15.0 Å². The molecule has 0 aliphatic heterocycles. The van der Waals surface area contributed by atoms with Gasteiger partial charge in [0.1, 0.15) is 5.75 Å². The number of aromatic nitrogens is 3. The number of carbonyl (C=O) groups is 1. The van der Waals surface area contributed by atoms with Crippen LogP contribution >= 0.6 is 23.1 Å². The number of hydrogen-bond acceptors (Lipinski definition) is 6. The lowest BCUT2D eigenvalue weighted by Crippen LogP contribution is -2.13. The van der Waals surface area contributed by atoms with Crippen LogP contribution in [0.1, 0.15) is 25.2 Å². The second-order valence-electron chi connectivity index (χ2n) is 5.39. The zero-order chi connectivity index (χ0) is 17.8. The van der Waals surface area contributed by atoms with Crippen molar-refractivity contribution < 1.29 is 9.53 Å². The van der Waals surface area contributed by atoms with Crippen LogP contribution in [0, 0.1) is 6.92 Å². The average molecular weight is 377 g/mol. The van der Waals surface area contributed by atoms with Crippen molar-refractivity contribution in [3.8, 4) is 5.75 Å². The zero-order valence-electron chi connectivity index (χ0n) is 14.4. The van der Waals surface area contributed by atoms with Gasteiger partial charge in [-0.25, -0.2) is 9.97 Å². The van der Waals surface area contributed by atoms with Gasteiger partial charge in [0, 0.05) is 5.69 Å². The van der Waals surface area contributed by atoms with Crippen LogP contribution in [0.3, 0.4) is 0 Å². The Balaban J connectivity index is 1.61. The number of H-pyrrole nitrogens is 1. The van der Waals surface area contributed by atoms with Gasteiger partial charge in [-0.15, -0.1) is 0 Å². The topological polar surface area (TPSA) is 79.9 Å². The third-order valence-electron chi connectivity index (χ3n) is 3.56. The van der Waals surface area contributed by atoms with E-state index in [1.807, 2.05) is 32.0 Å². The van der Waals surface area contributed by atoms with Crippen LogP contribution < -0.4 is 10.1 Å². The Kier molecular flexibility index (Phi) is 5.60. The van der Waals surface area contributed by atoms with Gasteiger partial charge < -0.3 is 15.0 Å². The summed E-state index contributed by atoms with van der Waals surface area (Å²) in [6.45, 7) is 6.63. The highest BCUT2D eigenvalue weighted by Gasteiger charge is 2.11. The summed E-state index contributed by atoms with van der Waals surface area (Å²) in [6.07, 6.45) is 0.879. The Bertz CT molecular complexity index is 888. The van der Waals surface area contributed by atoms with Gasteiger partial charge in [0.2, 0.25) is 5.91 Å². The van der Waals surface area contributed by atoms with E-state index in [1.165, 1.54) is 23.1 Å². The molecule has 0 bridgehead atoms. The number of aryl methyl sites for hydroxylation is 2. The van der Waals surface area contributed by atoms with Crippen molar-refractivity contribution in [3.63, 3.8) is 0 Å². The molecular formula is C17H20N4O2S2. The number of benzene rings is 1. The molecule has 0 saturated carbocycles. The van der Waals surface area contributed by atoms with Gasteiger partial charge in [0.05, 0.1) is 28.3 Å². The molecule has 0 fully saturated rings. The summed E-state index contributed by atoms with van der Waals surface area (Å²) in [6, 6.07) is 5.73. The Hall–Kier alpha value is -2.06. The first-order valence-corrected chi connectivity index (χ1v) is 9.90. The van der Waals surface area contributed by atoms with Crippen molar-refractivity contribution in [2.24, 2.45) is 0 Å². The molecule has 1 aromatic carbocycles. The molecule has 0 atom stereocenters. The van der Waals surface area contributed by atoms with Gasteiger partial charge in [-0.05, 0) is 38.5 Å². The largest absolute Gasteiger partial charge is 0.494 e. The third-order valence-corrected chi connectivity index (χ3v) is 5.36. The molecule has 0 saturated heterocycles. The van der Waals surface area contributed by atoms with Gasteiger partial charge >= 0.3 is 0 Å². The lowest BCUT2D eigenvalue weighted by atomic mass is 10.3. The van der Waals surface area contributed by atoms with Crippen LogP contribution in [0.2, 0.25) is 0 Å². The van der Waals surface area contributed by atoms with Crippen molar-refractivity contribution in [3.05, 3.63) is 29.6 Å². The van der Waals surface area contributed by atoms with Crippen molar-refractivity contribution in [2.45, 2.75) is 32.3 Å². The number of carbonyl (C=O) groups excluding carboxylic acids is 1. The molecule has 1 amide bonds. The van der Waals surface area contributed by atoms with E-state index in [2.05, 4.69) is 27.2 Å². The molecule has 2 N–H and O–H groups in total. The number of imidazole rings is 1. The van der Waals surface area contributed by atoms with Gasteiger partial charge in [-0.1, -0.05) is 30.0 Å². The first-order valence-electron chi connectivity index (χ1n) is 8.10. The molecule has 132 valence electrons. The lowest BCUT2D eigenvalue weighted by Gasteiger charge is -2.00. The van der Waals surface area contributed by atoms with Crippen LogP contribution in [0.25, 0.3) is 10.2 Å². The molecule has 0 spiro atoms. The summed E-state index contributed by atoms with van der Waals surface area (Å²) in [7, 11) is 0. The average Bonchev–Trinajstić information content (AvgIpc) is 3.15. The monoisotopic (exact) mass is 376 g/mol. The predicted molar refractivity (Wildman–Crippen MR) is 103 cm³/mol. The van der Waals surface area contributed by atoms with Gasteiger partial charge in [0.15, 0.2) is 10.3 Å². The van der Waals surface area contributed by atoms with Crippen LogP contribution in [0.15, 0.2) is 23.4 Å². The molecule has 0 aliphatic carbocycles. The van der Waals surface area contributed by atoms with E-state index in [9.17, 15) is 4.79 Å². The number of aromatic amines is 1. The first kappa shape index (κ1) is 17.8. The number of hydrogen-bond donors (Lipinski definition) is 2. The maximum atomic E-state index is 12.2. The Morgan fingerprint density at radius 3 is 2.92 bits per heavy atom. The SMILES string of the molecule is CCOc1ccc2nc(NC(=O)CSc3nc(CC)c(C)[nH]3)sc2c1. The molecule has 0 radical (unpaired) electrons. The number of thiazole rings is 1. The van der Waals surface area contributed by atoms with Crippen molar-refractivity contribution >= 4 is 44.4 Å². The van der Waals surface area contributed by atoms with E-state index in [0.29, 0.717) is 11.7 Å². The molecule has 25 heavy (non-hydrogen) atoms. The molecule has 0 unspecified atom stereocenters. The molecule has 8 heteroatoms. The van der Waals surface area contributed by atoms with E-state index in [0.717, 1.165) is 38.9 Å². The highest BCUT2D eigenvalue weighted by Crippen LogP contribution is 2.29. The highest BCUT2D eigenvalue weighted by atomic mass is 32.2. The zero-order valence-corrected chi connectivity index (χ0v) is 16.0. The molecule has 3 rings (SSSR count). The molecule has 3 aromatic rings. The fourth-order valence-electron chi connectivity index (χ4n) is 2.38. The van der Waals surface area contributed by atoms with E-state index < -0.39 is 0 Å². The first-order chi connectivity index (χ1) is 12.1. The molecule has 2 heterocycles. The van der Waals surface area contributed by atoms with Gasteiger partial charge in [-0.2, -0.15) is 0 Å². The quantitative estimate of drug-likeness (QED) is 0.609. The maximum Gasteiger partial charge on any atom is 0.236 e. The van der Waals surface area contributed by atoms with Gasteiger partial charge in [-0.3, -0.25) is 4.79 Å². The summed E-state index contributed by atoms with van der Waals surface area (Å²) in [5, 5.41) is 4.22. The van der Waals surface area contributed by atoms with E-state index in [1.54, 1.807) is 0 Å². The second-order valence-corrected chi connectivity index (χ2v) is 7.38. The predicted octanol–water partition coefficient (Wildman–Crippen LogP) is 4.02. The number of rotatable bonds is 7. The van der Waals surface area contributed by atoms with Crippen LogP contribution in [-0.4, -0.2) is 33.2 Å². The number of fused-ring (bicyclic) bond motifs is 1. The minimum atomic E-state index is -0.0961. The lowest BCUT2D eigenvalue weighted by molar-refractivity contribution is -0.113. The van der Waals surface area contributed by atoms with Crippen molar-refractivity contribution in [1.29, 1.82) is 0 Å². The highest BCUT2D eigenvalue weighted by molar-refractivity contribution is 7.99. The minimum Gasteiger partial charge on any atom is -0.494 e. The van der Waals surface area contributed by atoms with E-state index >= 15 is 0 Å². The second kappa shape index (κ2) is 7.88. The standard InChI is InChI=1S/C17H20N4O2S2/c1-4-12-10(3)18-16(19-12)24-9-15(22)21-17-20-13-7-6-11(23-5-2)8-14(13)25-17/h6-8H,4-5,9H2,1-3H3,(H,18,19)(H,20,21,22). The summed E-state index contributed by atoms with van der Waals surface area (Å²) in [4.78, 5) is 24.3. The fraction of sp³-hybridized carbons (Fsp3) is 0.353. The summed E-state index contributed by atoms with van der Waals surface area (Å²) >= 11 is 2.83. The van der Waals surface area contributed by atoms with Crippen LogP contribution in [0.5, 0.6) is 5.75 Å². The normalized spacial score (nSPS) is 11.0. The Morgan fingerprint density at radius 2 is 2.20 bits per heavy atom. The third kappa shape index (κ3) is 4.32. The summed E-state index contributed by atoms with van der Waals surface area (Å²) in [5.74, 6) is 1.00. The number of thioether (sulfide) groups is 1. The van der Waals surface area contributed by atoms with Crippen LogP contribution in [-0.2, 0) is 11.2 Å². The van der Waals surface area contributed by atoms with E-state index in [4.69, 9.17) is 4.74 Å². The molecule has 6 nitrogen and oxygen atoms in total. The number of amides is 1. The maximum absolute atomic E-state index is 12.2. The fourth-order valence-corrected chi connectivity index (χ4v) is 4.03. The molecular weight excluding hydrogens is 356 g/mol. The number of ether oxygens (including phenoxy) is 1. The number of anilines is 1. The minimum absolute atomic E-state index is 0.0961. The number of nitrogens with zero attached hydrogens (tertiary/aromatic N) is 2. The summed E-state index contributed by atoms with van der Waals surface area (Å²) in [5.41, 5.74) is 2.95. The Morgan fingerprint density at radius 1 is 1.36 bits per heavy atom. The number of nitrogens with one attached hydrogen (secondary N) is 2. The smallest absolute Gasteiger partial charge is 0.236 e. The molecule has 0 aliphatic rings. The summed E-state index contributed by atoms with van der Waals surface area (Å²) < 4.78 is 6.48. The van der Waals surface area contributed by atoms with Crippen molar-refractivity contribution in [2.75, 3.05) is 17.7 Å². The van der Waals surface area contributed by atoms with Gasteiger partial charge in [0.25, 0.3) is 0 Å².